The fourth-order valence-corrected chi connectivity index (χ4v) is 2.62. The molecule has 6 nitrogen and oxygen atoms in total. The fraction of sp³-hybridized carbons (Fsp3) is 0.312. The zero-order chi connectivity index (χ0) is 16.8. The maximum Gasteiger partial charge on any atom is 0.232 e. The minimum absolute atomic E-state index is 0.0633. The van der Waals surface area contributed by atoms with E-state index in [0.717, 1.165) is 0 Å². The molecule has 0 atom stereocenters. The van der Waals surface area contributed by atoms with Gasteiger partial charge in [-0.2, -0.15) is 0 Å². The van der Waals surface area contributed by atoms with Crippen LogP contribution in [-0.2, 0) is 16.0 Å². The van der Waals surface area contributed by atoms with Crippen molar-refractivity contribution in [1.82, 2.24) is 0 Å². The summed E-state index contributed by atoms with van der Waals surface area (Å²) in [7, 11) is 1.25. The lowest BCUT2D eigenvalue weighted by atomic mass is 9.83. The number of ether oxygens (including phenoxy) is 1. The molecule has 1 aliphatic rings. The van der Waals surface area contributed by atoms with Crippen molar-refractivity contribution in [2.24, 2.45) is 0 Å². The van der Waals surface area contributed by atoms with E-state index in [1.807, 2.05) is 0 Å². The number of rotatable bonds is 3. The molecule has 1 aromatic rings. The third-order valence-corrected chi connectivity index (χ3v) is 3.79. The van der Waals surface area contributed by atoms with Crippen molar-refractivity contribution in [3.63, 3.8) is 0 Å². The summed E-state index contributed by atoms with van der Waals surface area (Å²) < 4.78 is 4.94. The van der Waals surface area contributed by atoms with Gasteiger partial charge in [-0.1, -0.05) is 0 Å². The number of benzene rings is 1. The second-order valence-electron chi connectivity index (χ2n) is 5.25. The summed E-state index contributed by atoms with van der Waals surface area (Å²) in [6.45, 7) is 4.22. The minimum atomic E-state index is -0.688. The first kappa shape index (κ1) is 15.8. The third kappa shape index (κ3) is 2.07. The van der Waals surface area contributed by atoms with E-state index in [0.29, 0.717) is 0 Å². The number of aromatic hydroxyl groups is 2. The Morgan fingerprint density at radius 2 is 1.59 bits per heavy atom. The van der Waals surface area contributed by atoms with E-state index >= 15 is 0 Å². The van der Waals surface area contributed by atoms with E-state index in [1.54, 1.807) is 0 Å². The molecule has 0 radical (unpaired) electrons. The second kappa shape index (κ2) is 5.29. The van der Waals surface area contributed by atoms with Gasteiger partial charge in [-0.25, -0.2) is 0 Å². The zero-order valence-electron chi connectivity index (χ0n) is 12.7. The number of allylic oxidation sites excluding steroid dienone is 2. The number of phenolic OH excluding ortho intramolecular Hbond substituents is 2. The lowest BCUT2D eigenvalue weighted by molar-refractivity contribution is -0.116. The predicted molar refractivity (Wildman–Crippen MR) is 77.3 cm³/mol. The van der Waals surface area contributed by atoms with E-state index < -0.39 is 23.1 Å². The molecule has 0 aliphatic heterocycles. The normalized spacial score (nSPS) is 14.2. The quantitative estimate of drug-likeness (QED) is 0.826. The van der Waals surface area contributed by atoms with Crippen LogP contribution in [0.3, 0.4) is 0 Å². The van der Waals surface area contributed by atoms with Crippen LogP contribution in [0.15, 0.2) is 11.3 Å². The van der Waals surface area contributed by atoms with Gasteiger partial charge in [0.15, 0.2) is 11.5 Å². The molecule has 1 aromatic carbocycles. The SMILES string of the molecule is COC1=C(C)C(=O)c2c(O)c(C)c(CC(C)=O)c(O)c2C1=O. The number of fused-ring (bicyclic) bond motifs is 1. The van der Waals surface area contributed by atoms with Gasteiger partial charge in [-0.15, -0.1) is 0 Å². The van der Waals surface area contributed by atoms with Crippen LogP contribution in [0.4, 0.5) is 0 Å². The first-order valence-corrected chi connectivity index (χ1v) is 6.63. The van der Waals surface area contributed by atoms with Crippen LogP contribution in [0.1, 0.15) is 45.7 Å². The van der Waals surface area contributed by atoms with Crippen molar-refractivity contribution >= 4 is 17.3 Å². The monoisotopic (exact) mass is 304 g/mol. The number of hydrogen-bond donors (Lipinski definition) is 2. The Bertz CT molecular complexity index is 755. The Morgan fingerprint density at radius 3 is 2.09 bits per heavy atom. The molecule has 0 fully saturated rings. The molecular formula is C16H16O6. The first-order chi connectivity index (χ1) is 10.2. The van der Waals surface area contributed by atoms with Crippen LogP contribution in [0.25, 0.3) is 0 Å². The Kier molecular flexibility index (Phi) is 3.79. The molecule has 116 valence electrons. The smallest absolute Gasteiger partial charge is 0.232 e. The highest BCUT2D eigenvalue weighted by atomic mass is 16.5. The summed E-state index contributed by atoms with van der Waals surface area (Å²) in [6, 6.07) is 0. The number of hydrogen-bond acceptors (Lipinski definition) is 6. The van der Waals surface area contributed by atoms with Gasteiger partial charge in [0.05, 0.1) is 18.2 Å². The second-order valence-corrected chi connectivity index (χ2v) is 5.25. The Balaban J connectivity index is 2.86. The summed E-state index contributed by atoms with van der Waals surface area (Å²) in [5, 5.41) is 20.6. The number of carbonyl (C=O) groups excluding carboxylic acids is 3. The maximum absolute atomic E-state index is 12.4. The summed E-state index contributed by atoms with van der Waals surface area (Å²) in [5.74, 6) is -2.54. The summed E-state index contributed by atoms with van der Waals surface area (Å²) in [5.41, 5.74) is -0.146. The molecule has 0 amide bonds. The van der Waals surface area contributed by atoms with Crippen molar-refractivity contribution in [2.75, 3.05) is 7.11 Å². The molecule has 2 rings (SSSR count). The minimum Gasteiger partial charge on any atom is -0.507 e. The maximum atomic E-state index is 12.4. The summed E-state index contributed by atoms with van der Waals surface area (Å²) in [4.78, 5) is 36.1. The van der Waals surface area contributed by atoms with Gasteiger partial charge in [0.1, 0.15) is 17.3 Å². The lowest BCUT2D eigenvalue weighted by Gasteiger charge is -2.22. The van der Waals surface area contributed by atoms with Gasteiger partial charge in [0.25, 0.3) is 0 Å². The van der Waals surface area contributed by atoms with Crippen LogP contribution in [0.2, 0.25) is 0 Å². The van der Waals surface area contributed by atoms with Crippen LogP contribution in [0, 0.1) is 6.92 Å². The molecule has 0 saturated heterocycles. The molecule has 0 heterocycles. The van der Waals surface area contributed by atoms with Crippen molar-refractivity contribution in [3.8, 4) is 11.5 Å². The summed E-state index contributed by atoms with van der Waals surface area (Å²) >= 11 is 0. The van der Waals surface area contributed by atoms with Crippen LogP contribution in [-0.4, -0.2) is 34.7 Å². The Hall–Kier alpha value is -2.63. The first-order valence-electron chi connectivity index (χ1n) is 6.63. The van der Waals surface area contributed by atoms with E-state index in [1.165, 1.54) is 27.9 Å². The molecule has 6 heteroatoms. The molecule has 0 aromatic heterocycles. The van der Waals surface area contributed by atoms with E-state index in [9.17, 15) is 24.6 Å². The van der Waals surface area contributed by atoms with Gasteiger partial charge in [-0.05, 0) is 26.3 Å². The average molecular weight is 304 g/mol. The molecule has 0 spiro atoms. The molecule has 0 bridgehead atoms. The highest BCUT2D eigenvalue weighted by Gasteiger charge is 2.38. The molecule has 0 unspecified atom stereocenters. The highest BCUT2D eigenvalue weighted by molar-refractivity contribution is 6.28. The van der Waals surface area contributed by atoms with Gasteiger partial charge in [-0.3, -0.25) is 14.4 Å². The molecule has 1 aliphatic carbocycles. The van der Waals surface area contributed by atoms with Crippen LogP contribution < -0.4 is 0 Å². The zero-order valence-corrected chi connectivity index (χ0v) is 12.7. The standard InChI is InChI=1S/C16H16O6/c1-6(17)5-9-7(2)12(18)10-11(14(9)20)15(21)16(22-4)8(3)13(10)19/h18,20H,5H2,1-4H3. The molecule has 22 heavy (non-hydrogen) atoms. The predicted octanol–water partition coefficient (Wildman–Crippen LogP) is 1.84. The van der Waals surface area contributed by atoms with Crippen LogP contribution >= 0.6 is 0 Å². The van der Waals surface area contributed by atoms with E-state index in [2.05, 4.69) is 0 Å². The highest BCUT2D eigenvalue weighted by Crippen LogP contribution is 2.42. The Morgan fingerprint density at radius 1 is 1.05 bits per heavy atom. The average Bonchev–Trinajstić information content (AvgIpc) is 2.45. The molecular weight excluding hydrogens is 288 g/mol. The molecule has 2 N–H and O–H groups in total. The molecule has 0 saturated carbocycles. The number of methoxy groups -OCH3 is 1. The van der Waals surface area contributed by atoms with Gasteiger partial charge < -0.3 is 14.9 Å². The van der Waals surface area contributed by atoms with Crippen molar-refractivity contribution < 1.29 is 29.3 Å². The van der Waals surface area contributed by atoms with Gasteiger partial charge in [0.2, 0.25) is 5.78 Å². The summed E-state index contributed by atoms with van der Waals surface area (Å²) in [6.07, 6.45) is -0.148. The van der Waals surface area contributed by atoms with E-state index in [4.69, 9.17) is 4.74 Å². The topological polar surface area (TPSA) is 101 Å². The van der Waals surface area contributed by atoms with Crippen molar-refractivity contribution in [2.45, 2.75) is 27.2 Å². The number of Topliss-reactive ketones (excluding diaryl/α,β-unsaturated/α-hetero) is 3. The third-order valence-electron chi connectivity index (χ3n) is 3.79. The number of ketones is 3. The van der Waals surface area contributed by atoms with Gasteiger partial charge in [0, 0.05) is 17.6 Å². The van der Waals surface area contributed by atoms with Crippen LogP contribution in [0.5, 0.6) is 11.5 Å². The van der Waals surface area contributed by atoms with Crippen molar-refractivity contribution in [1.29, 1.82) is 0 Å². The van der Waals surface area contributed by atoms with Gasteiger partial charge >= 0.3 is 0 Å². The van der Waals surface area contributed by atoms with Crippen molar-refractivity contribution in [3.05, 3.63) is 33.6 Å². The van der Waals surface area contributed by atoms with E-state index in [-0.39, 0.29) is 45.8 Å². The lowest BCUT2D eigenvalue weighted by Crippen LogP contribution is -2.23. The number of carbonyl (C=O) groups is 3. The Labute approximate surface area is 127 Å². The number of phenols is 2. The fourth-order valence-electron chi connectivity index (χ4n) is 2.62. The largest absolute Gasteiger partial charge is 0.507 e.